The molecular weight excluding hydrogens is 328 g/mol. The highest BCUT2D eigenvalue weighted by atomic mass is 32.1. The summed E-state index contributed by atoms with van der Waals surface area (Å²) in [7, 11) is 0. The minimum atomic E-state index is -0.0256. The molecule has 0 saturated heterocycles. The molecule has 3 nitrogen and oxygen atoms in total. The number of nitrogens with one attached hydrogen (secondary N) is 1. The quantitative estimate of drug-likeness (QED) is 0.521. The van der Waals surface area contributed by atoms with Crippen LogP contribution in [0.4, 0.5) is 5.69 Å². The molecule has 1 aromatic carbocycles. The number of carbonyl (C=O) groups excluding carboxylic acids is 1. The van der Waals surface area contributed by atoms with Gasteiger partial charge in [-0.25, -0.2) is 10.4 Å². The Morgan fingerprint density at radius 3 is 2.44 bits per heavy atom. The van der Waals surface area contributed by atoms with Crippen molar-refractivity contribution in [3.63, 3.8) is 0 Å². The second kappa shape index (κ2) is 8.97. The number of anilines is 1. The number of nitrogens with zero attached hydrogens (tertiary/aromatic N) is 1. The van der Waals surface area contributed by atoms with Crippen molar-refractivity contribution in [2.24, 2.45) is 0 Å². The minimum absolute atomic E-state index is 0.0256. The van der Waals surface area contributed by atoms with Crippen molar-refractivity contribution in [2.75, 3.05) is 11.6 Å². The maximum Gasteiger partial charge on any atom is 0.282 e. The lowest BCUT2D eigenvalue weighted by molar-refractivity contribution is 0.0979. The van der Waals surface area contributed by atoms with Gasteiger partial charge >= 0.3 is 0 Å². The Hall–Kier alpha value is -1.91. The van der Waals surface area contributed by atoms with Crippen LogP contribution in [-0.2, 0) is 5.41 Å². The van der Waals surface area contributed by atoms with E-state index in [1.807, 2.05) is 29.6 Å². The van der Waals surface area contributed by atoms with E-state index >= 15 is 0 Å². The highest BCUT2D eigenvalue weighted by Crippen LogP contribution is 2.25. The van der Waals surface area contributed by atoms with Gasteiger partial charge in [0.2, 0.25) is 0 Å². The Morgan fingerprint density at radius 1 is 1.16 bits per heavy atom. The van der Waals surface area contributed by atoms with E-state index in [0.717, 1.165) is 23.4 Å². The topological polar surface area (TPSA) is 32.3 Å². The summed E-state index contributed by atoms with van der Waals surface area (Å²) in [4.78, 5) is 13.6. The highest BCUT2D eigenvalue weighted by Gasteiger charge is 2.19. The van der Waals surface area contributed by atoms with Crippen LogP contribution in [0.3, 0.4) is 0 Å². The fraction of sp³-hybridized carbons (Fsp3) is 0.381. The zero-order valence-corrected chi connectivity index (χ0v) is 16.4. The molecule has 0 aliphatic rings. The molecule has 25 heavy (non-hydrogen) atoms. The number of hydrogen-bond donors (Lipinski definition) is 1. The fourth-order valence-corrected chi connectivity index (χ4v) is 3.07. The van der Waals surface area contributed by atoms with Gasteiger partial charge in [0.05, 0.1) is 10.6 Å². The second-order valence-corrected chi connectivity index (χ2v) is 7.98. The molecule has 0 radical (unpaired) electrons. The number of allylic oxidation sites excluding steroid dienone is 1. The fourth-order valence-electron chi connectivity index (χ4n) is 2.41. The molecule has 1 aromatic heterocycles. The Labute approximate surface area is 155 Å². The smallest absolute Gasteiger partial charge is 0.266 e. The highest BCUT2D eigenvalue weighted by molar-refractivity contribution is 7.12. The maximum atomic E-state index is 12.9. The van der Waals surface area contributed by atoms with Crippen molar-refractivity contribution >= 4 is 22.9 Å². The lowest BCUT2D eigenvalue weighted by atomic mass is 9.87. The zero-order chi connectivity index (χ0) is 18.3. The number of amides is 1. The third-order valence-corrected chi connectivity index (χ3v) is 4.77. The van der Waals surface area contributed by atoms with Crippen LogP contribution in [-0.4, -0.2) is 12.5 Å². The Bertz CT molecular complexity index is 682. The predicted molar refractivity (Wildman–Crippen MR) is 108 cm³/mol. The van der Waals surface area contributed by atoms with E-state index in [4.69, 9.17) is 0 Å². The van der Waals surface area contributed by atoms with Crippen LogP contribution in [0.1, 0.15) is 55.8 Å². The number of benzene rings is 1. The number of rotatable bonds is 7. The van der Waals surface area contributed by atoms with E-state index in [9.17, 15) is 4.79 Å². The molecule has 0 aliphatic carbocycles. The molecule has 1 N–H and O–H groups in total. The first kappa shape index (κ1) is 19.4. The first-order valence-corrected chi connectivity index (χ1v) is 9.68. The second-order valence-electron chi connectivity index (χ2n) is 7.04. The molecule has 0 fully saturated rings. The van der Waals surface area contributed by atoms with Gasteiger partial charge in [0.15, 0.2) is 0 Å². The summed E-state index contributed by atoms with van der Waals surface area (Å²) in [5, 5.41) is 3.57. The van der Waals surface area contributed by atoms with Crippen molar-refractivity contribution in [1.82, 2.24) is 5.43 Å². The van der Waals surface area contributed by atoms with Crippen LogP contribution in [0.25, 0.3) is 0 Å². The molecule has 0 bridgehead atoms. The van der Waals surface area contributed by atoms with Gasteiger partial charge in [-0.05, 0) is 41.0 Å². The summed E-state index contributed by atoms with van der Waals surface area (Å²) in [6, 6.07) is 12.0. The number of hydrazine groups is 1. The number of thiophene rings is 1. The van der Waals surface area contributed by atoms with Gasteiger partial charge in [-0.3, -0.25) is 4.79 Å². The molecule has 4 heteroatoms. The molecular formula is C21H28N2OS. The SMILES string of the molecule is CCC/C=C\CNN(C(=O)c1cccs1)c1ccc(C(C)(C)C)cc1. The molecule has 0 spiro atoms. The molecule has 1 amide bonds. The van der Waals surface area contributed by atoms with Crippen LogP contribution >= 0.6 is 11.3 Å². The summed E-state index contributed by atoms with van der Waals surface area (Å²) in [6.07, 6.45) is 6.40. The third kappa shape index (κ3) is 5.55. The molecule has 0 atom stereocenters. The zero-order valence-electron chi connectivity index (χ0n) is 15.6. The summed E-state index contributed by atoms with van der Waals surface area (Å²) in [6.45, 7) is 9.34. The maximum absolute atomic E-state index is 12.9. The van der Waals surface area contributed by atoms with Crippen LogP contribution in [0.2, 0.25) is 0 Å². The van der Waals surface area contributed by atoms with Crippen molar-refractivity contribution in [3.05, 3.63) is 64.4 Å². The van der Waals surface area contributed by atoms with E-state index in [1.165, 1.54) is 16.9 Å². The van der Waals surface area contributed by atoms with E-state index in [0.29, 0.717) is 6.54 Å². The first-order valence-electron chi connectivity index (χ1n) is 8.80. The van der Waals surface area contributed by atoms with Gasteiger partial charge in [0, 0.05) is 6.54 Å². The molecule has 2 aromatic rings. The molecule has 0 saturated carbocycles. The minimum Gasteiger partial charge on any atom is -0.266 e. The Kier molecular flexibility index (Phi) is 6.97. The van der Waals surface area contributed by atoms with Gasteiger partial charge in [0.1, 0.15) is 0 Å². The normalized spacial score (nSPS) is 11.8. The van der Waals surface area contributed by atoms with E-state index < -0.39 is 0 Å². The first-order chi connectivity index (χ1) is 11.9. The van der Waals surface area contributed by atoms with Crippen LogP contribution < -0.4 is 10.4 Å². The largest absolute Gasteiger partial charge is 0.282 e. The number of hydrogen-bond acceptors (Lipinski definition) is 3. The summed E-state index contributed by atoms with van der Waals surface area (Å²) in [5.41, 5.74) is 5.45. The predicted octanol–water partition coefficient (Wildman–Crippen LogP) is 5.55. The van der Waals surface area contributed by atoms with E-state index in [-0.39, 0.29) is 11.3 Å². The molecule has 2 rings (SSSR count). The lowest BCUT2D eigenvalue weighted by Gasteiger charge is -2.24. The standard InChI is InChI=1S/C21H28N2OS/c1-5-6-7-8-15-22-23(20(24)19-10-9-16-25-19)18-13-11-17(12-14-18)21(2,3)4/h7-14,16,22H,5-6,15H2,1-4H3/b8-7-. The molecule has 0 unspecified atom stereocenters. The molecule has 1 heterocycles. The van der Waals surface area contributed by atoms with Gasteiger partial charge in [-0.1, -0.05) is 64.5 Å². The Morgan fingerprint density at radius 2 is 1.88 bits per heavy atom. The van der Waals surface area contributed by atoms with Gasteiger partial charge in [-0.15, -0.1) is 11.3 Å². The number of unbranched alkanes of at least 4 members (excludes halogenated alkanes) is 1. The van der Waals surface area contributed by atoms with Crippen molar-refractivity contribution in [1.29, 1.82) is 0 Å². The molecule has 134 valence electrons. The van der Waals surface area contributed by atoms with Crippen LogP contribution in [0.15, 0.2) is 53.9 Å². The lowest BCUT2D eigenvalue weighted by Crippen LogP contribution is -2.43. The van der Waals surface area contributed by atoms with Crippen molar-refractivity contribution in [2.45, 2.75) is 46.0 Å². The third-order valence-electron chi connectivity index (χ3n) is 3.92. The van der Waals surface area contributed by atoms with Gasteiger partial charge in [-0.2, -0.15) is 0 Å². The summed E-state index contributed by atoms with van der Waals surface area (Å²) >= 11 is 1.46. The van der Waals surface area contributed by atoms with E-state index in [1.54, 1.807) is 5.01 Å². The Balaban J connectivity index is 2.20. The summed E-state index contributed by atoms with van der Waals surface area (Å²) in [5.74, 6) is -0.0256. The molecule has 0 aliphatic heterocycles. The van der Waals surface area contributed by atoms with Crippen LogP contribution in [0, 0.1) is 0 Å². The van der Waals surface area contributed by atoms with Crippen LogP contribution in [0.5, 0.6) is 0 Å². The van der Waals surface area contributed by atoms with Gasteiger partial charge < -0.3 is 0 Å². The monoisotopic (exact) mass is 356 g/mol. The van der Waals surface area contributed by atoms with E-state index in [2.05, 4.69) is 57.4 Å². The average molecular weight is 357 g/mol. The van der Waals surface area contributed by atoms with Crippen molar-refractivity contribution < 1.29 is 4.79 Å². The number of carbonyl (C=O) groups is 1. The summed E-state index contributed by atoms with van der Waals surface area (Å²) < 4.78 is 0. The average Bonchev–Trinajstić information content (AvgIpc) is 3.11. The van der Waals surface area contributed by atoms with Gasteiger partial charge in [0.25, 0.3) is 5.91 Å². The van der Waals surface area contributed by atoms with Crippen molar-refractivity contribution in [3.8, 4) is 0 Å².